The number of carbonyl (C=O) groups is 2. The molecule has 0 aromatic heterocycles. The lowest BCUT2D eigenvalue weighted by atomic mass is 10.2. The van der Waals surface area contributed by atoms with Crippen LogP contribution in [-0.2, 0) is 9.47 Å². The highest BCUT2D eigenvalue weighted by atomic mass is 16.6. The Morgan fingerprint density at radius 1 is 1.00 bits per heavy atom. The van der Waals surface area contributed by atoms with Crippen LogP contribution in [0.1, 0.15) is 67.7 Å². The Balaban J connectivity index is 4.79. The number of amides is 2. The van der Waals surface area contributed by atoms with E-state index in [0.29, 0.717) is 6.42 Å². The second-order valence-electron chi connectivity index (χ2n) is 6.77. The zero-order valence-electron chi connectivity index (χ0n) is 14.2. The van der Waals surface area contributed by atoms with Crippen molar-refractivity contribution in [1.82, 2.24) is 5.32 Å². The standard InChI is InChI=1S/C15H28N2O4/c1-8-9-10-11(16-12(18)20-14(2,3)4)17-13(19)21-15(5,6)7/h8-10H2,1-7H3,(H,16,17,18,19). The first-order chi connectivity index (χ1) is 9.43. The number of alkyl carbamates (subject to hydrolysis) is 1. The van der Waals surface area contributed by atoms with Crippen LogP contribution in [0.5, 0.6) is 0 Å². The first-order valence-corrected chi connectivity index (χ1v) is 7.23. The van der Waals surface area contributed by atoms with E-state index in [1.54, 1.807) is 41.5 Å². The van der Waals surface area contributed by atoms with E-state index in [1.807, 2.05) is 6.92 Å². The smallest absolute Gasteiger partial charge is 0.435 e. The van der Waals surface area contributed by atoms with Crippen LogP contribution in [0.4, 0.5) is 9.59 Å². The molecule has 0 saturated carbocycles. The Labute approximate surface area is 127 Å². The maximum atomic E-state index is 11.7. The molecule has 0 unspecified atom stereocenters. The van der Waals surface area contributed by atoms with Crippen LogP contribution in [-0.4, -0.2) is 29.2 Å². The van der Waals surface area contributed by atoms with Crippen molar-refractivity contribution in [2.45, 2.75) is 78.9 Å². The van der Waals surface area contributed by atoms with Gasteiger partial charge in [0.15, 0.2) is 0 Å². The second-order valence-corrected chi connectivity index (χ2v) is 6.77. The normalized spacial score (nSPS) is 12.8. The molecule has 0 heterocycles. The van der Waals surface area contributed by atoms with Crippen molar-refractivity contribution in [1.29, 1.82) is 0 Å². The highest BCUT2D eigenvalue weighted by Crippen LogP contribution is 2.09. The van der Waals surface area contributed by atoms with E-state index in [1.165, 1.54) is 0 Å². The number of rotatable bonds is 3. The van der Waals surface area contributed by atoms with E-state index >= 15 is 0 Å². The molecular weight excluding hydrogens is 272 g/mol. The van der Waals surface area contributed by atoms with E-state index in [9.17, 15) is 9.59 Å². The summed E-state index contributed by atoms with van der Waals surface area (Å²) in [5, 5.41) is 2.51. The van der Waals surface area contributed by atoms with Gasteiger partial charge in [0, 0.05) is 6.42 Å². The first kappa shape index (κ1) is 19.4. The van der Waals surface area contributed by atoms with Crippen LogP contribution in [0, 0.1) is 0 Å². The summed E-state index contributed by atoms with van der Waals surface area (Å²) in [5.41, 5.74) is -1.23. The van der Waals surface area contributed by atoms with Crippen LogP contribution in [0.25, 0.3) is 0 Å². The monoisotopic (exact) mass is 300 g/mol. The lowest BCUT2D eigenvalue weighted by Crippen LogP contribution is -2.37. The topological polar surface area (TPSA) is 77.0 Å². The third-order valence-corrected chi connectivity index (χ3v) is 2.03. The fraction of sp³-hybridized carbons (Fsp3) is 0.800. The number of hydrogen-bond acceptors (Lipinski definition) is 4. The van der Waals surface area contributed by atoms with E-state index in [4.69, 9.17) is 9.47 Å². The van der Waals surface area contributed by atoms with Crippen molar-refractivity contribution in [3.63, 3.8) is 0 Å². The van der Waals surface area contributed by atoms with Crippen LogP contribution in [0.15, 0.2) is 4.99 Å². The number of nitrogens with one attached hydrogen (secondary N) is 1. The van der Waals surface area contributed by atoms with Crippen LogP contribution in [0.2, 0.25) is 0 Å². The van der Waals surface area contributed by atoms with Gasteiger partial charge in [-0.2, -0.15) is 4.99 Å². The summed E-state index contributed by atoms with van der Waals surface area (Å²) >= 11 is 0. The van der Waals surface area contributed by atoms with Gasteiger partial charge in [-0.3, -0.25) is 5.32 Å². The van der Waals surface area contributed by atoms with Crippen molar-refractivity contribution in [2.24, 2.45) is 4.99 Å². The van der Waals surface area contributed by atoms with Gasteiger partial charge < -0.3 is 9.47 Å². The molecule has 0 rings (SSSR count). The molecule has 1 N–H and O–H groups in total. The van der Waals surface area contributed by atoms with Crippen molar-refractivity contribution >= 4 is 18.0 Å². The maximum Gasteiger partial charge on any atom is 0.435 e. The van der Waals surface area contributed by atoms with Gasteiger partial charge in [-0.05, 0) is 48.0 Å². The minimum atomic E-state index is -0.718. The minimum Gasteiger partial charge on any atom is -0.444 e. The summed E-state index contributed by atoms with van der Waals surface area (Å²) in [5.74, 6) is 0.264. The molecular formula is C15H28N2O4. The summed E-state index contributed by atoms with van der Waals surface area (Å²) < 4.78 is 10.3. The van der Waals surface area contributed by atoms with Crippen molar-refractivity contribution in [3.05, 3.63) is 0 Å². The summed E-state index contributed by atoms with van der Waals surface area (Å²) in [7, 11) is 0. The average Bonchev–Trinajstić information content (AvgIpc) is 2.20. The highest BCUT2D eigenvalue weighted by Gasteiger charge is 2.19. The predicted octanol–water partition coefficient (Wildman–Crippen LogP) is 4.03. The van der Waals surface area contributed by atoms with Gasteiger partial charge in [-0.1, -0.05) is 13.3 Å². The molecule has 0 fully saturated rings. The zero-order chi connectivity index (χ0) is 16.7. The van der Waals surface area contributed by atoms with Gasteiger partial charge in [0.25, 0.3) is 0 Å². The molecule has 0 aliphatic rings. The molecule has 6 heteroatoms. The summed E-state index contributed by atoms with van der Waals surface area (Å²) in [6.07, 6.45) is 0.862. The molecule has 6 nitrogen and oxygen atoms in total. The molecule has 0 bridgehead atoms. The number of carbonyl (C=O) groups excluding carboxylic acids is 2. The van der Waals surface area contributed by atoms with Crippen LogP contribution in [0.3, 0.4) is 0 Å². The molecule has 0 saturated heterocycles. The van der Waals surface area contributed by atoms with Gasteiger partial charge in [0.05, 0.1) is 0 Å². The van der Waals surface area contributed by atoms with Crippen LogP contribution < -0.4 is 5.32 Å². The Morgan fingerprint density at radius 3 is 1.95 bits per heavy atom. The van der Waals surface area contributed by atoms with Gasteiger partial charge in [-0.25, -0.2) is 9.59 Å². The van der Waals surface area contributed by atoms with E-state index in [0.717, 1.165) is 12.8 Å². The lowest BCUT2D eigenvalue weighted by Gasteiger charge is -2.20. The van der Waals surface area contributed by atoms with Gasteiger partial charge in [-0.15, -0.1) is 0 Å². The summed E-state index contributed by atoms with van der Waals surface area (Å²) in [6, 6.07) is 0. The van der Waals surface area contributed by atoms with Gasteiger partial charge in [0.1, 0.15) is 17.0 Å². The Bertz CT molecular complexity index is 389. The summed E-state index contributed by atoms with van der Waals surface area (Å²) in [4.78, 5) is 27.2. The molecule has 21 heavy (non-hydrogen) atoms. The maximum absolute atomic E-state index is 11.7. The number of unbranched alkanes of at least 4 members (excludes halogenated alkanes) is 1. The minimum absolute atomic E-state index is 0.264. The molecule has 2 amide bonds. The number of hydrogen-bond donors (Lipinski definition) is 1. The predicted molar refractivity (Wildman–Crippen MR) is 82.6 cm³/mol. The number of amidine groups is 1. The summed E-state index contributed by atoms with van der Waals surface area (Å²) in [6.45, 7) is 12.6. The van der Waals surface area contributed by atoms with E-state index in [2.05, 4.69) is 10.3 Å². The Morgan fingerprint density at radius 2 is 1.52 bits per heavy atom. The van der Waals surface area contributed by atoms with E-state index < -0.39 is 23.4 Å². The highest BCUT2D eigenvalue weighted by molar-refractivity contribution is 6.00. The quantitative estimate of drug-likeness (QED) is 0.630. The SMILES string of the molecule is CCCC/C(=N/C(=O)OC(C)(C)C)NC(=O)OC(C)(C)C. The van der Waals surface area contributed by atoms with Gasteiger partial charge >= 0.3 is 12.2 Å². The van der Waals surface area contributed by atoms with E-state index in [-0.39, 0.29) is 5.84 Å². The van der Waals surface area contributed by atoms with Crippen molar-refractivity contribution in [3.8, 4) is 0 Å². The van der Waals surface area contributed by atoms with Crippen molar-refractivity contribution < 1.29 is 19.1 Å². The fourth-order valence-corrected chi connectivity index (χ4v) is 1.31. The molecule has 0 atom stereocenters. The molecule has 0 spiro atoms. The molecule has 0 radical (unpaired) electrons. The Kier molecular flexibility index (Phi) is 7.39. The largest absolute Gasteiger partial charge is 0.444 e. The molecule has 0 aliphatic carbocycles. The number of ether oxygens (including phenoxy) is 2. The molecule has 0 aromatic rings. The number of nitrogens with zero attached hydrogens (tertiary/aromatic N) is 1. The third-order valence-electron chi connectivity index (χ3n) is 2.03. The van der Waals surface area contributed by atoms with Gasteiger partial charge in [0.2, 0.25) is 0 Å². The zero-order valence-corrected chi connectivity index (χ0v) is 14.2. The van der Waals surface area contributed by atoms with Crippen molar-refractivity contribution in [2.75, 3.05) is 0 Å². The third kappa shape index (κ3) is 11.9. The molecule has 0 aromatic carbocycles. The molecule has 0 aliphatic heterocycles. The first-order valence-electron chi connectivity index (χ1n) is 7.23. The Hall–Kier alpha value is -1.59. The lowest BCUT2D eigenvalue weighted by molar-refractivity contribution is 0.0561. The fourth-order valence-electron chi connectivity index (χ4n) is 1.31. The number of aliphatic imine (C=N–C) groups is 1. The second kappa shape index (κ2) is 8.00. The van der Waals surface area contributed by atoms with Crippen LogP contribution >= 0.6 is 0 Å². The average molecular weight is 300 g/mol. The molecule has 122 valence electrons.